The van der Waals surface area contributed by atoms with Gasteiger partial charge in [0.1, 0.15) is 10.7 Å². The molecule has 1 saturated carbocycles. The second-order valence-electron chi connectivity index (χ2n) is 7.91. The lowest BCUT2D eigenvalue weighted by atomic mass is 9.78. The largest absolute Gasteiger partial charge is 0.452 e. The molecule has 1 N–H and O–H groups in total. The van der Waals surface area contributed by atoms with E-state index in [0.717, 1.165) is 18.4 Å². The lowest BCUT2D eigenvalue weighted by Crippen LogP contribution is -2.45. The van der Waals surface area contributed by atoms with E-state index in [-0.39, 0.29) is 29.3 Å². The highest BCUT2D eigenvalue weighted by atomic mass is 35.5. The summed E-state index contributed by atoms with van der Waals surface area (Å²) in [6, 6.07) is 9.85. The van der Waals surface area contributed by atoms with Gasteiger partial charge in [-0.2, -0.15) is 5.10 Å². The van der Waals surface area contributed by atoms with E-state index in [2.05, 4.69) is 24.3 Å². The Morgan fingerprint density at radius 3 is 2.69 bits per heavy atom. The highest BCUT2D eigenvalue weighted by molar-refractivity contribution is 6.32. The molecule has 1 heterocycles. The molecule has 0 radical (unpaired) electrons. The first-order chi connectivity index (χ1) is 13.9. The zero-order valence-electron chi connectivity index (χ0n) is 17.2. The molecule has 3 rings (SSSR count). The number of rotatable bonds is 6. The van der Waals surface area contributed by atoms with Crippen LogP contribution in [0.4, 0.5) is 0 Å². The molecular formula is C22H28ClN3O3. The molecule has 29 heavy (non-hydrogen) atoms. The van der Waals surface area contributed by atoms with Gasteiger partial charge in [-0.05, 0) is 30.7 Å². The van der Waals surface area contributed by atoms with Crippen LogP contribution in [0.1, 0.15) is 54.7 Å². The summed E-state index contributed by atoms with van der Waals surface area (Å²) in [5.41, 5.74) is 1.70. The molecule has 1 aromatic heterocycles. The van der Waals surface area contributed by atoms with E-state index < -0.39 is 5.97 Å². The molecule has 1 aliphatic carbocycles. The number of ether oxygens (including phenoxy) is 1. The smallest absolute Gasteiger partial charge is 0.343 e. The van der Waals surface area contributed by atoms with Crippen LogP contribution in [0.5, 0.6) is 0 Å². The van der Waals surface area contributed by atoms with E-state index in [1.165, 1.54) is 6.42 Å². The lowest BCUT2D eigenvalue weighted by Gasteiger charge is -2.34. The average molecular weight is 418 g/mol. The third-order valence-electron chi connectivity index (χ3n) is 5.83. The monoisotopic (exact) mass is 417 g/mol. The Hall–Kier alpha value is -2.34. The Kier molecular flexibility index (Phi) is 6.96. The first-order valence-electron chi connectivity index (χ1n) is 10.1. The zero-order valence-corrected chi connectivity index (χ0v) is 17.9. The van der Waals surface area contributed by atoms with Crippen LogP contribution in [0.3, 0.4) is 0 Å². The van der Waals surface area contributed by atoms with E-state index in [1.807, 2.05) is 30.3 Å². The van der Waals surface area contributed by atoms with E-state index in [0.29, 0.717) is 24.1 Å². The van der Waals surface area contributed by atoms with Crippen molar-refractivity contribution in [3.8, 4) is 0 Å². The molecule has 3 atom stereocenters. The van der Waals surface area contributed by atoms with Gasteiger partial charge in [0.2, 0.25) is 0 Å². The first-order valence-corrected chi connectivity index (χ1v) is 10.5. The average Bonchev–Trinajstić information content (AvgIpc) is 2.97. The van der Waals surface area contributed by atoms with Crippen LogP contribution in [0, 0.1) is 18.8 Å². The Labute approximate surface area is 176 Å². The standard InChI is InChI=1S/C22H28ClN3O3/c1-14-8-7-11-18(15(14)2)24-19(27)13-29-22(28)20-16(3)25-26(21(20)23)12-17-9-5-4-6-10-17/h4-6,9-10,14-15,18H,7-8,11-13H2,1-3H3,(H,24,27)/t14-,15-,18-/m0/s1. The second-order valence-corrected chi connectivity index (χ2v) is 8.27. The van der Waals surface area contributed by atoms with Crippen molar-refractivity contribution in [3.05, 3.63) is 52.3 Å². The number of nitrogens with zero attached hydrogens (tertiary/aromatic N) is 2. The number of hydrogen-bond donors (Lipinski definition) is 1. The minimum absolute atomic E-state index is 0.129. The number of aromatic nitrogens is 2. The molecule has 0 saturated heterocycles. The molecule has 0 bridgehead atoms. The molecule has 1 aliphatic rings. The fourth-order valence-corrected chi connectivity index (χ4v) is 4.20. The third-order valence-corrected chi connectivity index (χ3v) is 6.22. The SMILES string of the molecule is Cc1nn(Cc2ccccc2)c(Cl)c1C(=O)OCC(=O)N[C@H]1CCC[C@H](C)[C@@H]1C. The second kappa shape index (κ2) is 9.44. The van der Waals surface area contributed by atoms with E-state index in [1.54, 1.807) is 11.6 Å². The Morgan fingerprint density at radius 2 is 1.97 bits per heavy atom. The van der Waals surface area contributed by atoms with Gasteiger partial charge in [0.15, 0.2) is 6.61 Å². The minimum atomic E-state index is -0.632. The van der Waals surface area contributed by atoms with E-state index in [4.69, 9.17) is 16.3 Å². The summed E-state index contributed by atoms with van der Waals surface area (Å²) in [5, 5.41) is 7.57. The number of nitrogens with one attached hydrogen (secondary N) is 1. The number of carbonyl (C=O) groups is 2. The number of benzene rings is 1. The molecular weight excluding hydrogens is 390 g/mol. The number of carbonyl (C=O) groups excluding carboxylic acids is 2. The molecule has 2 aromatic rings. The van der Waals surface area contributed by atoms with Crippen molar-refractivity contribution in [3.63, 3.8) is 0 Å². The van der Waals surface area contributed by atoms with Gasteiger partial charge in [0.25, 0.3) is 5.91 Å². The molecule has 6 nitrogen and oxygen atoms in total. The van der Waals surface area contributed by atoms with Gasteiger partial charge in [0.05, 0.1) is 12.2 Å². The molecule has 7 heteroatoms. The van der Waals surface area contributed by atoms with Crippen LogP contribution in [-0.2, 0) is 16.1 Å². The Morgan fingerprint density at radius 1 is 1.24 bits per heavy atom. The highest BCUT2D eigenvalue weighted by Crippen LogP contribution is 2.29. The maximum atomic E-state index is 12.5. The summed E-state index contributed by atoms with van der Waals surface area (Å²) in [7, 11) is 0. The first kappa shape index (κ1) is 21.4. The van der Waals surface area contributed by atoms with Gasteiger partial charge < -0.3 is 10.1 Å². The van der Waals surface area contributed by atoms with Crippen LogP contribution < -0.4 is 5.32 Å². The van der Waals surface area contributed by atoms with Crippen molar-refractivity contribution in [2.45, 2.75) is 52.6 Å². The highest BCUT2D eigenvalue weighted by Gasteiger charge is 2.29. The van der Waals surface area contributed by atoms with Crippen LogP contribution in [-0.4, -0.2) is 34.3 Å². The van der Waals surface area contributed by atoms with Crippen molar-refractivity contribution >= 4 is 23.5 Å². The van der Waals surface area contributed by atoms with E-state index >= 15 is 0 Å². The molecule has 1 amide bonds. The van der Waals surface area contributed by atoms with Crippen molar-refractivity contribution in [2.75, 3.05) is 6.61 Å². The van der Waals surface area contributed by atoms with Gasteiger partial charge in [-0.3, -0.25) is 4.79 Å². The van der Waals surface area contributed by atoms with Gasteiger partial charge >= 0.3 is 5.97 Å². The zero-order chi connectivity index (χ0) is 21.0. The van der Waals surface area contributed by atoms with Crippen molar-refractivity contribution < 1.29 is 14.3 Å². The van der Waals surface area contributed by atoms with Crippen LogP contribution >= 0.6 is 11.6 Å². The van der Waals surface area contributed by atoms with Crippen LogP contribution in [0.25, 0.3) is 0 Å². The molecule has 156 valence electrons. The summed E-state index contributed by atoms with van der Waals surface area (Å²) in [4.78, 5) is 24.8. The number of hydrogen-bond acceptors (Lipinski definition) is 4. The normalized spacial score (nSPS) is 21.6. The predicted molar refractivity (Wildman–Crippen MR) is 112 cm³/mol. The van der Waals surface area contributed by atoms with Crippen molar-refractivity contribution in [1.29, 1.82) is 0 Å². The fraction of sp³-hybridized carbons (Fsp3) is 0.500. The molecule has 0 spiro atoms. The molecule has 0 unspecified atom stereocenters. The van der Waals surface area contributed by atoms with E-state index in [9.17, 15) is 9.59 Å². The molecule has 0 aliphatic heterocycles. The van der Waals surface area contributed by atoms with Crippen molar-refractivity contribution in [1.82, 2.24) is 15.1 Å². The number of amides is 1. The lowest BCUT2D eigenvalue weighted by molar-refractivity contribution is -0.125. The maximum Gasteiger partial charge on any atom is 0.343 e. The maximum absolute atomic E-state index is 12.5. The third kappa shape index (κ3) is 5.18. The molecule has 1 aromatic carbocycles. The van der Waals surface area contributed by atoms with Crippen molar-refractivity contribution in [2.24, 2.45) is 11.8 Å². The van der Waals surface area contributed by atoms with Gasteiger partial charge in [-0.15, -0.1) is 0 Å². The van der Waals surface area contributed by atoms with Gasteiger partial charge in [-0.1, -0.05) is 68.6 Å². The predicted octanol–water partition coefficient (Wildman–Crippen LogP) is 3.99. The summed E-state index contributed by atoms with van der Waals surface area (Å²) in [5.74, 6) is 0.0756. The Bertz CT molecular complexity index is 866. The molecule has 1 fully saturated rings. The van der Waals surface area contributed by atoms with Crippen LogP contribution in [0.15, 0.2) is 30.3 Å². The fourth-order valence-electron chi connectivity index (χ4n) is 3.88. The number of esters is 1. The number of aryl methyl sites for hydroxylation is 1. The minimum Gasteiger partial charge on any atom is -0.452 e. The summed E-state index contributed by atoms with van der Waals surface area (Å²) in [6.07, 6.45) is 3.25. The van der Waals surface area contributed by atoms with Gasteiger partial charge in [0, 0.05) is 6.04 Å². The topological polar surface area (TPSA) is 73.2 Å². The van der Waals surface area contributed by atoms with Gasteiger partial charge in [-0.25, -0.2) is 9.48 Å². The summed E-state index contributed by atoms with van der Waals surface area (Å²) < 4.78 is 6.79. The van der Waals surface area contributed by atoms with Crippen LogP contribution in [0.2, 0.25) is 5.15 Å². The summed E-state index contributed by atoms with van der Waals surface area (Å²) in [6.45, 7) is 6.20. The summed E-state index contributed by atoms with van der Waals surface area (Å²) >= 11 is 6.38. The quantitative estimate of drug-likeness (QED) is 0.721. The number of halogens is 1. The Balaban J connectivity index is 1.58.